The number of furan rings is 1. The van der Waals surface area contributed by atoms with Crippen LogP contribution in [0.15, 0.2) is 21.9 Å². The third kappa shape index (κ3) is 3.78. The molecule has 0 aliphatic heterocycles. The van der Waals surface area contributed by atoms with Crippen molar-refractivity contribution in [1.29, 1.82) is 0 Å². The van der Waals surface area contributed by atoms with Gasteiger partial charge in [0.25, 0.3) is 11.8 Å². The third-order valence-corrected chi connectivity index (χ3v) is 3.91. The minimum absolute atomic E-state index is 0.211. The van der Waals surface area contributed by atoms with Gasteiger partial charge in [-0.3, -0.25) is 9.59 Å². The van der Waals surface area contributed by atoms with Gasteiger partial charge in [0.2, 0.25) is 0 Å². The largest absolute Gasteiger partial charge is 0.466 e. The van der Waals surface area contributed by atoms with E-state index in [0.29, 0.717) is 16.5 Å². The number of nitrogens with two attached hydrogens (primary N) is 1. The van der Waals surface area contributed by atoms with E-state index in [1.54, 1.807) is 25.3 Å². The molecule has 1 atom stereocenters. The summed E-state index contributed by atoms with van der Waals surface area (Å²) in [4.78, 5) is 35.3. The molecular weight excluding hydrogens is 320 g/mol. The van der Waals surface area contributed by atoms with Crippen molar-refractivity contribution in [2.75, 3.05) is 5.32 Å². The molecule has 7 nitrogen and oxygen atoms in total. The number of carbonyl (C=O) groups excluding carboxylic acids is 3. The fourth-order valence-corrected chi connectivity index (χ4v) is 2.72. The molecule has 2 aromatic heterocycles. The quantitative estimate of drug-likeness (QED) is 0.813. The SMILES string of the molecule is Cc1cc(C(=O)O[C@@H](C)C(=O)Nc2sccc2C(N)=O)c(C)o1. The van der Waals surface area contributed by atoms with Crippen molar-refractivity contribution in [2.45, 2.75) is 26.9 Å². The van der Waals surface area contributed by atoms with Crippen molar-refractivity contribution >= 4 is 34.1 Å². The zero-order valence-electron chi connectivity index (χ0n) is 12.8. The second-order valence-corrected chi connectivity index (χ2v) is 5.81. The summed E-state index contributed by atoms with van der Waals surface area (Å²) in [5.74, 6) is -0.842. The molecule has 0 saturated carbocycles. The summed E-state index contributed by atoms with van der Waals surface area (Å²) in [5, 5.41) is 4.48. The van der Waals surface area contributed by atoms with Crippen LogP contribution in [-0.2, 0) is 9.53 Å². The number of hydrogen-bond donors (Lipinski definition) is 2. The molecular formula is C15H16N2O5S. The highest BCUT2D eigenvalue weighted by Gasteiger charge is 2.23. The summed E-state index contributed by atoms with van der Waals surface area (Å²) in [6.45, 7) is 4.79. The van der Waals surface area contributed by atoms with E-state index in [4.69, 9.17) is 14.9 Å². The number of rotatable bonds is 5. The van der Waals surface area contributed by atoms with Gasteiger partial charge in [-0.2, -0.15) is 0 Å². The Kier molecular flexibility index (Phi) is 4.85. The van der Waals surface area contributed by atoms with Crippen molar-refractivity contribution in [1.82, 2.24) is 0 Å². The molecule has 0 bridgehead atoms. The van der Waals surface area contributed by atoms with Gasteiger partial charge in [0.05, 0.1) is 5.56 Å². The second kappa shape index (κ2) is 6.66. The summed E-state index contributed by atoms with van der Waals surface area (Å²) < 4.78 is 10.4. The first kappa shape index (κ1) is 16.8. The normalized spacial score (nSPS) is 11.8. The maximum absolute atomic E-state index is 12.1. The highest BCUT2D eigenvalue weighted by Crippen LogP contribution is 2.23. The molecule has 0 saturated heterocycles. The first-order valence-corrected chi connectivity index (χ1v) is 7.63. The van der Waals surface area contributed by atoms with E-state index in [9.17, 15) is 14.4 Å². The second-order valence-electron chi connectivity index (χ2n) is 4.89. The Hall–Kier alpha value is -2.61. The van der Waals surface area contributed by atoms with Crippen molar-refractivity contribution in [3.05, 3.63) is 40.2 Å². The van der Waals surface area contributed by atoms with Gasteiger partial charge in [0.15, 0.2) is 6.10 Å². The molecule has 3 N–H and O–H groups in total. The molecule has 2 amide bonds. The molecule has 0 aliphatic carbocycles. The van der Waals surface area contributed by atoms with E-state index in [2.05, 4.69) is 5.32 Å². The van der Waals surface area contributed by atoms with Gasteiger partial charge in [0.1, 0.15) is 22.1 Å². The smallest absolute Gasteiger partial charge is 0.342 e. The molecule has 0 spiro atoms. The van der Waals surface area contributed by atoms with Gasteiger partial charge in [0, 0.05) is 0 Å². The number of anilines is 1. The van der Waals surface area contributed by atoms with E-state index in [1.807, 2.05) is 0 Å². The lowest BCUT2D eigenvalue weighted by molar-refractivity contribution is -0.123. The number of hydrogen-bond acceptors (Lipinski definition) is 6. The maximum Gasteiger partial charge on any atom is 0.342 e. The summed E-state index contributed by atoms with van der Waals surface area (Å²) in [7, 11) is 0. The van der Waals surface area contributed by atoms with Crippen LogP contribution in [0.2, 0.25) is 0 Å². The van der Waals surface area contributed by atoms with Gasteiger partial charge in [-0.05, 0) is 38.3 Å². The number of primary amides is 1. The van der Waals surface area contributed by atoms with Crippen LogP contribution in [0.3, 0.4) is 0 Å². The Morgan fingerprint density at radius 2 is 2.00 bits per heavy atom. The van der Waals surface area contributed by atoms with Crippen molar-refractivity contribution in [2.24, 2.45) is 5.73 Å². The van der Waals surface area contributed by atoms with Crippen LogP contribution in [0.25, 0.3) is 0 Å². The standard InChI is InChI=1S/C15H16N2O5S/c1-7-6-11(8(2)21-7)15(20)22-9(3)13(19)17-14-10(12(16)18)4-5-23-14/h4-6,9H,1-3H3,(H2,16,18)(H,17,19)/t9-/m0/s1. The predicted molar refractivity (Wildman–Crippen MR) is 84.5 cm³/mol. The molecule has 0 aliphatic rings. The topological polar surface area (TPSA) is 112 Å². The van der Waals surface area contributed by atoms with Gasteiger partial charge in [-0.15, -0.1) is 11.3 Å². The van der Waals surface area contributed by atoms with Crippen LogP contribution >= 0.6 is 11.3 Å². The Balaban J connectivity index is 2.02. The molecule has 2 aromatic rings. The van der Waals surface area contributed by atoms with Crippen LogP contribution in [0, 0.1) is 13.8 Å². The van der Waals surface area contributed by atoms with E-state index in [1.165, 1.54) is 13.0 Å². The lowest BCUT2D eigenvalue weighted by Gasteiger charge is -2.13. The van der Waals surface area contributed by atoms with Crippen LogP contribution in [-0.4, -0.2) is 23.9 Å². The summed E-state index contributed by atoms with van der Waals surface area (Å²) in [6, 6.07) is 3.06. The predicted octanol–water partition coefficient (Wildman–Crippen LogP) is 2.24. The van der Waals surface area contributed by atoms with E-state index in [-0.39, 0.29) is 11.1 Å². The van der Waals surface area contributed by atoms with Gasteiger partial charge in [-0.1, -0.05) is 0 Å². The first-order chi connectivity index (χ1) is 10.8. The summed E-state index contributed by atoms with van der Waals surface area (Å²) in [6.07, 6.45) is -1.04. The van der Waals surface area contributed by atoms with Crippen molar-refractivity contribution in [3.8, 4) is 0 Å². The van der Waals surface area contributed by atoms with Crippen molar-refractivity contribution < 1.29 is 23.5 Å². The fourth-order valence-electron chi connectivity index (χ4n) is 1.92. The minimum atomic E-state index is -1.04. The zero-order chi connectivity index (χ0) is 17.1. The fraction of sp³-hybridized carbons (Fsp3) is 0.267. The highest BCUT2D eigenvalue weighted by atomic mass is 32.1. The molecule has 2 heterocycles. The molecule has 0 radical (unpaired) electrons. The summed E-state index contributed by atoms with van der Waals surface area (Å²) >= 11 is 1.16. The summed E-state index contributed by atoms with van der Waals surface area (Å²) in [5.41, 5.74) is 5.69. The minimum Gasteiger partial charge on any atom is -0.466 e. The average molecular weight is 336 g/mol. The maximum atomic E-state index is 12.1. The Morgan fingerprint density at radius 3 is 2.57 bits per heavy atom. The molecule has 0 aromatic carbocycles. The molecule has 0 fully saturated rings. The number of esters is 1. The van der Waals surface area contributed by atoms with Gasteiger partial charge >= 0.3 is 5.97 Å². The Morgan fingerprint density at radius 1 is 1.30 bits per heavy atom. The molecule has 0 unspecified atom stereocenters. The highest BCUT2D eigenvalue weighted by molar-refractivity contribution is 7.14. The van der Waals surface area contributed by atoms with E-state index < -0.39 is 23.9 Å². The monoisotopic (exact) mass is 336 g/mol. The molecule has 8 heteroatoms. The van der Waals surface area contributed by atoms with Crippen LogP contribution < -0.4 is 11.1 Å². The number of ether oxygens (including phenoxy) is 1. The number of nitrogens with one attached hydrogen (secondary N) is 1. The lowest BCUT2D eigenvalue weighted by atomic mass is 10.2. The molecule has 2 rings (SSSR count). The molecule has 122 valence electrons. The number of amides is 2. The van der Waals surface area contributed by atoms with E-state index in [0.717, 1.165) is 11.3 Å². The molecule has 23 heavy (non-hydrogen) atoms. The van der Waals surface area contributed by atoms with Gasteiger partial charge in [-0.25, -0.2) is 4.79 Å². The lowest BCUT2D eigenvalue weighted by Crippen LogP contribution is -2.30. The third-order valence-electron chi connectivity index (χ3n) is 3.08. The number of thiophene rings is 1. The number of carbonyl (C=O) groups is 3. The Bertz CT molecular complexity index is 762. The average Bonchev–Trinajstić information content (AvgIpc) is 3.04. The van der Waals surface area contributed by atoms with Crippen LogP contribution in [0.5, 0.6) is 0 Å². The number of aryl methyl sites for hydroxylation is 2. The van der Waals surface area contributed by atoms with E-state index >= 15 is 0 Å². The van der Waals surface area contributed by atoms with Gasteiger partial charge < -0.3 is 20.2 Å². The van der Waals surface area contributed by atoms with Crippen LogP contribution in [0.4, 0.5) is 5.00 Å². The Labute approximate surface area is 136 Å². The van der Waals surface area contributed by atoms with Crippen LogP contribution in [0.1, 0.15) is 39.2 Å². The first-order valence-electron chi connectivity index (χ1n) is 6.75. The zero-order valence-corrected chi connectivity index (χ0v) is 13.7. The van der Waals surface area contributed by atoms with Crippen molar-refractivity contribution in [3.63, 3.8) is 0 Å².